The van der Waals surface area contributed by atoms with E-state index in [1.165, 1.54) is 6.33 Å². The Kier molecular flexibility index (Phi) is 5.65. The number of aryl methyl sites for hydroxylation is 1. The van der Waals surface area contributed by atoms with Crippen LogP contribution < -0.4 is 5.32 Å². The molecule has 2 unspecified atom stereocenters. The number of hydrogen-bond donors (Lipinski definition) is 2. The van der Waals surface area contributed by atoms with Crippen molar-refractivity contribution in [3.05, 3.63) is 42.0 Å². The molecule has 3 rings (SSSR count). The number of carbonyl (C=O) groups excluding carboxylic acids is 1. The fraction of sp³-hybridized carbons (Fsp3) is 0.474. The Hall–Kier alpha value is -2.70. The third-order valence-electron chi connectivity index (χ3n) is 5.02. The molecular formula is C19H24N4O3. The number of hydrogen-bond acceptors (Lipinski definition) is 4. The average molecular weight is 356 g/mol. The van der Waals surface area contributed by atoms with Gasteiger partial charge >= 0.3 is 5.97 Å². The van der Waals surface area contributed by atoms with Crippen molar-refractivity contribution in [1.82, 2.24) is 20.1 Å². The van der Waals surface area contributed by atoms with Crippen LogP contribution in [-0.4, -0.2) is 37.8 Å². The molecule has 2 atom stereocenters. The molecule has 1 heterocycles. The molecule has 2 N–H and O–H groups in total. The maximum absolute atomic E-state index is 12.7. The molecule has 7 heteroatoms. The molecule has 1 amide bonds. The van der Waals surface area contributed by atoms with E-state index in [0.29, 0.717) is 18.4 Å². The highest BCUT2D eigenvalue weighted by atomic mass is 16.4. The quantitative estimate of drug-likeness (QED) is 0.878. The van der Waals surface area contributed by atoms with Gasteiger partial charge in [0.25, 0.3) is 5.91 Å². The number of aliphatic carboxylic acids is 1. The molecule has 7 nitrogen and oxygen atoms in total. The van der Waals surface area contributed by atoms with E-state index in [-0.39, 0.29) is 11.9 Å². The van der Waals surface area contributed by atoms with E-state index >= 15 is 0 Å². The molecule has 26 heavy (non-hydrogen) atoms. The zero-order chi connectivity index (χ0) is 18.5. The fourth-order valence-corrected chi connectivity index (χ4v) is 3.59. The first-order chi connectivity index (χ1) is 12.6. The Balaban J connectivity index is 1.75. The first kappa shape index (κ1) is 18.1. The van der Waals surface area contributed by atoms with E-state index in [1.807, 2.05) is 13.0 Å². The third kappa shape index (κ3) is 4.09. The van der Waals surface area contributed by atoms with Crippen LogP contribution in [0, 0.1) is 12.8 Å². The lowest BCUT2D eigenvalue weighted by Gasteiger charge is -2.27. The van der Waals surface area contributed by atoms with Gasteiger partial charge in [0.1, 0.15) is 12.7 Å². The maximum Gasteiger partial charge on any atom is 0.308 e. The molecule has 0 radical (unpaired) electrons. The topological polar surface area (TPSA) is 97.1 Å². The van der Waals surface area contributed by atoms with Crippen LogP contribution in [0.3, 0.4) is 0 Å². The van der Waals surface area contributed by atoms with E-state index < -0.39 is 11.9 Å². The molecule has 1 saturated carbocycles. The van der Waals surface area contributed by atoms with Gasteiger partial charge in [-0.1, -0.05) is 25.7 Å². The predicted octanol–water partition coefficient (Wildman–Crippen LogP) is 2.73. The third-order valence-corrected chi connectivity index (χ3v) is 5.02. The number of amides is 1. The second-order valence-corrected chi connectivity index (χ2v) is 6.86. The Morgan fingerprint density at radius 1 is 1.19 bits per heavy atom. The lowest BCUT2D eigenvalue weighted by atomic mass is 9.86. The molecule has 0 saturated heterocycles. The molecule has 2 aromatic rings. The van der Waals surface area contributed by atoms with Crippen molar-refractivity contribution < 1.29 is 14.7 Å². The summed E-state index contributed by atoms with van der Waals surface area (Å²) in [5.41, 5.74) is 2.28. The summed E-state index contributed by atoms with van der Waals surface area (Å²) in [6.45, 7) is 1.91. The van der Waals surface area contributed by atoms with E-state index in [4.69, 9.17) is 0 Å². The zero-order valence-electron chi connectivity index (χ0n) is 14.9. The number of nitrogens with zero attached hydrogens (tertiary/aromatic N) is 3. The largest absolute Gasteiger partial charge is 0.481 e. The van der Waals surface area contributed by atoms with Crippen molar-refractivity contribution in [3.63, 3.8) is 0 Å². The summed E-state index contributed by atoms with van der Waals surface area (Å²) in [4.78, 5) is 28.2. The van der Waals surface area contributed by atoms with E-state index in [1.54, 1.807) is 23.1 Å². The highest BCUT2D eigenvalue weighted by molar-refractivity contribution is 5.95. The second-order valence-electron chi connectivity index (χ2n) is 6.86. The number of aromatic nitrogens is 3. The van der Waals surface area contributed by atoms with Crippen LogP contribution in [0.1, 0.15) is 54.4 Å². The highest BCUT2D eigenvalue weighted by Crippen LogP contribution is 2.24. The standard InChI is InChI=1S/C19H24N4O3/c1-13-10-14(8-9-17(13)23-12-20-11-21-23)18(24)22-16-7-5-3-2-4-6-15(16)19(25)26/h8-12,15-16H,2-7H2,1H3,(H,22,24)(H,25,26). The average Bonchev–Trinajstić information content (AvgIpc) is 3.11. The second kappa shape index (κ2) is 8.12. The fourth-order valence-electron chi connectivity index (χ4n) is 3.59. The van der Waals surface area contributed by atoms with E-state index in [0.717, 1.165) is 36.9 Å². The molecular weight excluding hydrogens is 332 g/mol. The predicted molar refractivity (Wildman–Crippen MR) is 96.2 cm³/mol. The summed E-state index contributed by atoms with van der Waals surface area (Å²) < 4.78 is 1.65. The summed E-state index contributed by atoms with van der Waals surface area (Å²) in [5.74, 6) is -1.57. The van der Waals surface area contributed by atoms with Gasteiger partial charge < -0.3 is 10.4 Å². The maximum atomic E-state index is 12.7. The van der Waals surface area contributed by atoms with Gasteiger partial charge in [0, 0.05) is 11.6 Å². The van der Waals surface area contributed by atoms with Crippen LogP contribution in [0.4, 0.5) is 0 Å². The minimum absolute atomic E-state index is 0.227. The molecule has 0 bridgehead atoms. The molecule has 1 aromatic heterocycles. The number of benzene rings is 1. The lowest BCUT2D eigenvalue weighted by Crippen LogP contribution is -2.44. The molecule has 1 aromatic carbocycles. The van der Waals surface area contributed by atoms with Gasteiger partial charge in [-0.15, -0.1) is 0 Å². The number of rotatable bonds is 4. The first-order valence-electron chi connectivity index (χ1n) is 9.05. The summed E-state index contributed by atoms with van der Waals surface area (Å²) in [7, 11) is 0. The van der Waals surface area contributed by atoms with Gasteiger partial charge in [-0.25, -0.2) is 9.67 Å². The van der Waals surface area contributed by atoms with Gasteiger partial charge in [0.15, 0.2) is 0 Å². The Labute approximate surface area is 152 Å². The molecule has 1 fully saturated rings. The minimum atomic E-state index is -0.824. The van der Waals surface area contributed by atoms with Gasteiger partial charge in [-0.2, -0.15) is 5.10 Å². The van der Waals surface area contributed by atoms with Crippen LogP contribution in [0.2, 0.25) is 0 Å². The summed E-state index contributed by atoms with van der Waals surface area (Å²) in [6.07, 6.45) is 8.38. The van der Waals surface area contributed by atoms with Crippen molar-refractivity contribution >= 4 is 11.9 Å². The van der Waals surface area contributed by atoms with Crippen molar-refractivity contribution in [3.8, 4) is 5.69 Å². The number of nitrogens with one attached hydrogen (secondary N) is 1. The lowest BCUT2D eigenvalue weighted by molar-refractivity contribution is -0.143. The van der Waals surface area contributed by atoms with Crippen molar-refractivity contribution in [2.45, 2.75) is 51.5 Å². The SMILES string of the molecule is Cc1cc(C(=O)NC2CCCCCCC2C(=O)O)ccc1-n1cncn1. The van der Waals surface area contributed by atoms with Crippen molar-refractivity contribution in [2.24, 2.45) is 5.92 Å². The Morgan fingerprint density at radius 3 is 2.62 bits per heavy atom. The van der Waals surface area contributed by atoms with Gasteiger partial charge in [0.2, 0.25) is 0 Å². The summed E-state index contributed by atoms with van der Waals surface area (Å²) in [6, 6.07) is 5.03. The van der Waals surface area contributed by atoms with Crippen molar-refractivity contribution in [2.75, 3.05) is 0 Å². The monoisotopic (exact) mass is 356 g/mol. The Bertz CT molecular complexity index is 773. The van der Waals surface area contributed by atoms with Crippen LogP contribution in [0.25, 0.3) is 5.69 Å². The highest BCUT2D eigenvalue weighted by Gasteiger charge is 2.30. The van der Waals surface area contributed by atoms with E-state index in [2.05, 4.69) is 15.4 Å². The van der Waals surface area contributed by atoms with Gasteiger partial charge in [0.05, 0.1) is 11.6 Å². The molecule has 0 aliphatic heterocycles. The first-order valence-corrected chi connectivity index (χ1v) is 9.05. The van der Waals surface area contributed by atoms with E-state index in [9.17, 15) is 14.7 Å². The van der Waals surface area contributed by atoms with Crippen molar-refractivity contribution in [1.29, 1.82) is 0 Å². The number of carboxylic acids is 1. The Morgan fingerprint density at radius 2 is 1.96 bits per heavy atom. The van der Waals surface area contributed by atoms with Gasteiger partial charge in [-0.05, 0) is 43.5 Å². The minimum Gasteiger partial charge on any atom is -0.481 e. The summed E-state index contributed by atoms with van der Waals surface area (Å²) >= 11 is 0. The normalized spacial score (nSPS) is 20.8. The number of carbonyl (C=O) groups is 2. The van der Waals surface area contributed by atoms with Crippen LogP contribution >= 0.6 is 0 Å². The molecule has 138 valence electrons. The van der Waals surface area contributed by atoms with Crippen LogP contribution in [0.5, 0.6) is 0 Å². The zero-order valence-corrected chi connectivity index (χ0v) is 14.9. The number of carboxylic acid groups (broad SMARTS) is 1. The summed E-state index contributed by atoms with van der Waals surface area (Å²) in [5, 5.41) is 16.6. The molecule has 1 aliphatic rings. The molecule has 0 spiro atoms. The van der Waals surface area contributed by atoms with Crippen LogP contribution in [0.15, 0.2) is 30.9 Å². The molecule has 1 aliphatic carbocycles. The smallest absolute Gasteiger partial charge is 0.308 e. The van der Waals surface area contributed by atoms with Gasteiger partial charge in [-0.3, -0.25) is 9.59 Å². The van der Waals surface area contributed by atoms with Crippen LogP contribution in [-0.2, 0) is 4.79 Å².